The van der Waals surface area contributed by atoms with Crippen LogP contribution in [0.2, 0.25) is 0 Å². The molecule has 0 aromatic carbocycles. The van der Waals surface area contributed by atoms with E-state index >= 15 is 0 Å². The van der Waals surface area contributed by atoms with Crippen LogP contribution < -0.4 is 0 Å². The highest BCUT2D eigenvalue weighted by Gasteiger charge is 2.74. The van der Waals surface area contributed by atoms with Crippen molar-refractivity contribution in [1.82, 2.24) is 9.78 Å². The lowest BCUT2D eigenvalue weighted by atomic mass is 9.45. The number of carbonyl (C=O) groups is 3. The van der Waals surface area contributed by atoms with Gasteiger partial charge >= 0.3 is 11.9 Å². The first-order valence-electron chi connectivity index (χ1n) is 14.3. The summed E-state index contributed by atoms with van der Waals surface area (Å²) in [5.74, 6) is -1.97. The van der Waals surface area contributed by atoms with Crippen molar-refractivity contribution in [3.8, 4) is 0 Å². The number of ketones is 1. The molecule has 4 aliphatic carbocycles. The van der Waals surface area contributed by atoms with Gasteiger partial charge < -0.3 is 14.6 Å². The zero-order valence-electron chi connectivity index (χ0n) is 23.8. The Hall–Kier alpha value is -2.19. The van der Waals surface area contributed by atoms with E-state index in [4.69, 9.17) is 21.1 Å². The highest BCUT2D eigenvalue weighted by Crippen LogP contribution is 2.70. The largest absolute Gasteiger partial charge is 0.457 e. The monoisotopic (exact) mass is 560 g/mol. The number of hydrogen-bond acceptors (Lipinski definition) is 7. The smallest absolute Gasteiger partial charge is 0.306 e. The van der Waals surface area contributed by atoms with Crippen molar-refractivity contribution in [1.29, 1.82) is 0 Å². The lowest BCUT2D eigenvalue weighted by molar-refractivity contribution is -0.207. The van der Waals surface area contributed by atoms with Gasteiger partial charge in [-0.15, -0.1) is 11.6 Å². The van der Waals surface area contributed by atoms with Gasteiger partial charge in [0.05, 0.1) is 18.0 Å². The molecule has 0 saturated heterocycles. The number of nitrogens with zero attached hydrogens (tertiary/aromatic N) is 2. The lowest BCUT2D eigenvalue weighted by Crippen LogP contribution is -2.66. The van der Waals surface area contributed by atoms with Gasteiger partial charge in [0.2, 0.25) is 5.78 Å². The maximum atomic E-state index is 14.0. The normalized spacial score (nSPS) is 40.5. The maximum absolute atomic E-state index is 14.0. The van der Waals surface area contributed by atoms with E-state index < -0.39 is 41.4 Å². The van der Waals surface area contributed by atoms with Crippen LogP contribution in [-0.2, 0) is 37.3 Å². The number of ether oxygens (including phenoxy) is 2. The maximum Gasteiger partial charge on any atom is 0.306 e. The summed E-state index contributed by atoms with van der Waals surface area (Å²) in [5, 5.41) is 16.2. The van der Waals surface area contributed by atoms with Crippen molar-refractivity contribution in [2.24, 2.45) is 41.5 Å². The highest BCUT2D eigenvalue weighted by atomic mass is 35.5. The van der Waals surface area contributed by atoms with Crippen molar-refractivity contribution < 1.29 is 29.0 Å². The van der Waals surface area contributed by atoms with Gasteiger partial charge in [-0.2, -0.15) is 5.10 Å². The van der Waals surface area contributed by atoms with Crippen LogP contribution in [0.5, 0.6) is 0 Å². The Bertz CT molecular complexity index is 1230. The number of carbonyl (C=O) groups excluding carboxylic acids is 3. The summed E-state index contributed by atoms with van der Waals surface area (Å²) in [6, 6.07) is 0. The third-order valence-corrected chi connectivity index (χ3v) is 11.2. The number of hydrogen-bond donors (Lipinski definition) is 1. The van der Waals surface area contributed by atoms with Gasteiger partial charge in [0.25, 0.3) is 0 Å². The Morgan fingerprint density at radius 1 is 1.21 bits per heavy atom. The van der Waals surface area contributed by atoms with E-state index in [1.54, 1.807) is 13.8 Å². The minimum atomic E-state index is -1.51. The van der Waals surface area contributed by atoms with Crippen LogP contribution in [0.25, 0.3) is 6.08 Å². The lowest BCUT2D eigenvalue weighted by Gasteiger charge is -2.61. The van der Waals surface area contributed by atoms with Crippen LogP contribution in [0.4, 0.5) is 0 Å². The molecule has 1 heterocycles. The number of alkyl halides is 1. The molecule has 0 bridgehead atoms. The quantitative estimate of drug-likeness (QED) is 0.409. The number of halogens is 1. The Morgan fingerprint density at radius 3 is 2.56 bits per heavy atom. The predicted octanol–water partition coefficient (Wildman–Crippen LogP) is 4.25. The summed E-state index contributed by atoms with van der Waals surface area (Å²) in [6.07, 6.45) is 5.99. The first kappa shape index (κ1) is 28.3. The van der Waals surface area contributed by atoms with E-state index in [1.165, 1.54) is 5.57 Å². The summed E-state index contributed by atoms with van der Waals surface area (Å²) < 4.78 is 13.3. The number of fused-ring (bicyclic) bond motifs is 6. The van der Waals surface area contributed by atoms with Crippen LogP contribution in [0.15, 0.2) is 11.8 Å². The van der Waals surface area contributed by atoms with Gasteiger partial charge in [-0.25, -0.2) is 0 Å². The van der Waals surface area contributed by atoms with Crippen molar-refractivity contribution in [3.63, 3.8) is 0 Å². The summed E-state index contributed by atoms with van der Waals surface area (Å²) in [4.78, 5) is 38.8. The molecule has 0 aliphatic heterocycles. The molecule has 1 unspecified atom stereocenters. The van der Waals surface area contributed by atoms with Gasteiger partial charge in [-0.1, -0.05) is 40.2 Å². The molecule has 1 aromatic heterocycles. The standard InChI is InChI=1S/C30H41ClN2O6/c1-7-24(36)38-15-23(35)30(39-25(37)8-2)16(3)9-19-26-20(31)10-18-11-21-17(14-32-33(21)6)12-28(18,4)27(26)22(34)13-29(19,30)5/h11,14,16,19-20,22,26-27,34H,7-10,12-13,15H2,1-6H3/t16-,19+,20-,22+,26-,27+,28+,29+,30?/m1/s1. The summed E-state index contributed by atoms with van der Waals surface area (Å²) >= 11 is 7.25. The van der Waals surface area contributed by atoms with Crippen molar-refractivity contribution in [2.75, 3.05) is 6.61 Å². The van der Waals surface area contributed by atoms with E-state index in [-0.39, 0.29) is 47.3 Å². The zero-order valence-corrected chi connectivity index (χ0v) is 24.6. The molecule has 3 fully saturated rings. The Morgan fingerprint density at radius 2 is 1.90 bits per heavy atom. The topological polar surface area (TPSA) is 108 Å². The molecular formula is C30H41ClN2O6. The van der Waals surface area contributed by atoms with E-state index in [0.717, 1.165) is 17.7 Å². The fourth-order valence-corrected chi connectivity index (χ4v) is 9.52. The van der Waals surface area contributed by atoms with Gasteiger partial charge in [0.1, 0.15) is 0 Å². The molecule has 8 nitrogen and oxygen atoms in total. The fourth-order valence-electron chi connectivity index (χ4n) is 9.02. The number of Topliss-reactive ketones (excluding diaryl/α,β-unsaturated/α-hetero) is 1. The van der Waals surface area contributed by atoms with Crippen LogP contribution in [0, 0.1) is 34.5 Å². The van der Waals surface area contributed by atoms with Crippen molar-refractivity contribution in [2.45, 2.75) is 90.2 Å². The number of aliphatic hydroxyl groups excluding tert-OH is 1. The molecule has 5 rings (SSSR count). The first-order chi connectivity index (χ1) is 18.3. The third-order valence-electron chi connectivity index (χ3n) is 10.8. The Kier molecular flexibility index (Phi) is 7.06. The summed E-state index contributed by atoms with van der Waals surface area (Å²) in [7, 11) is 1.94. The average molecular weight is 561 g/mol. The molecule has 3 saturated carbocycles. The fraction of sp³-hybridized carbons (Fsp3) is 0.733. The summed E-state index contributed by atoms with van der Waals surface area (Å²) in [6.45, 7) is 9.05. The molecule has 0 radical (unpaired) electrons. The minimum absolute atomic E-state index is 0.0625. The van der Waals surface area contributed by atoms with Gasteiger partial charge in [0, 0.05) is 36.6 Å². The minimum Gasteiger partial charge on any atom is -0.457 e. The number of aryl methyl sites for hydroxylation is 1. The van der Waals surface area contributed by atoms with E-state index in [0.29, 0.717) is 19.3 Å². The highest BCUT2D eigenvalue weighted by molar-refractivity contribution is 6.21. The van der Waals surface area contributed by atoms with Gasteiger partial charge in [-0.3, -0.25) is 19.1 Å². The number of rotatable bonds is 6. The molecule has 1 N–H and O–H groups in total. The number of aliphatic hydroxyl groups is 1. The Labute approximate surface area is 235 Å². The molecule has 9 heteroatoms. The second kappa shape index (κ2) is 9.72. The third kappa shape index (κ3) is 3.95. The van der Waals surface area contributed by atoms with Crippen molar-refractivity contribution >= 4 is 35.4 Å². The molecule has 0 amide bonds. The second-order valence-corrected chi connectivity index (χ2v) is 13.3. The van der Waals surface area contributed by atoms with Gasteiger partial charge in [0.15, 0.2) is 12.2 Å². The predicted molar refractivity (Wildman–Crippen MR) is 146 cm³/mol. The molecule has 9 atom stereocenters. The molecule has 214 valence electrons. The number of allylic oxidation sites excluding steroid dienone is 1. The first-order valence-corrected chi connectivity index (χ1v) is 14.7. The summed E-state index contributed by atoms with van der Waals surface area (Å²) in [5.41, 5.74) is 0.803. The molecular weight excluding hydrogens is 520 g/mol. The number of esters is 2. The van der Waals surface area contributed by atoms with Crippen LogP contribution in [-0.4, -0.2) is 56.3 Å². The zero-order chi connectivity index (χ0) is 28.5. The number of aromatic nitrogens is 2. The molecule has 4 aliphatic rings. The molecule has 39 heavy (non-hydrogen) atoms. The van der Waals surface area contributed by atoms with Crippen LogP contribution in [0.1, 0.15) is 78.0 Å². The van der Waals surface area contributed by atoms with E-state index in [2.05, 4.69) is 18.1 Å². The van der Waals surface area contributed by atoms with Crippen LogP contribution in [0.3, 0.4) is 0 Å². The molecule has 0 spiro atoms. The SMILES string of the molecule is CCC(=O)OCC(=O)C1(OC(=O)CC)[C@H](C)C[C@H]2[C@H]3[C@H]([C@@H](O)C[C@@]21C)[C@@]1(C)Cc2cnn(C)c2C=C1C[C@H]3Cl. The molecule has 1 aromatic rings. The van der Waals surface area contributed by atoms with E-state index in [1.807, 2.05) is 31.8 Å². The van der Waals surface area contributed by atoms with Crippen molar-refractivity contribution in [3.05, 3.63) is 23.0 Å². The van der Waals surface area contributed by atoms with Crippen LogP contribution >= 0.6 is 11.6 Å². The van der Waals surface area contributed by atoms with Gasteiger partial charge in [-0.05, 0) is 60.5 Å². The van der Waals surface area contributed by atoms with E-state index in [9.17, 15) is 19.5 Å². The Balaban J connectivity index is 1.57. The average Bonchev–Trinajstić information content (AvgIpc) is 3.34. The second-order valence-electron chi connectivity index (χ2n) is 12.7.